The van der Waals surface area contributed by atoms with Crippen molar-refractivity contribution in [1.29, 1.82) is 0 Å². The Morgan fingerprint density at radius 2 is 1.50 bits per heavy atom. The molecule has 0 spiro atoms. The summed E-state index contributed by atoms with van der Waals surface area (Å²) >= 11 is 12.0. The van der Waals surface area contributed by atoms with E-state index < -0.39 is 5.60 Å². The smallest absolute Gasteiger partial charge is 0.121 e. The molecule has 0 radical (unpaired) electrons. The molecule has 0 unspecified atom stereocenters. The number of likely N-dealkylation sites (tertiary alicyclic amines) is 2. The molecule has 7 heteroatoms. The maximum absolute atomic E-state index is 11.1. The first-order valence-corrected chi connectivity index (χ1v) is 13.2. The normalized spacial score (nSPS) is 22.3. The number of aliphatic hydroxyl groups is 1. The standard InChI is InChI=1S/C27H36Cl2N2O3/c28-25-10-9-24(19-26(25)29)34-21-27(32)11-4-15-31(16-12-27)20-22-5-7-23(8-6-22)33-18-17-30-13-2-1-3-14-30/h5-10,19,32H,1-4,11-18,20-21H2/t27-/m0/s1. The van der Waals surface area contributed by atoms with E-state index in [0.717, 1.165) is 45.0 Å². The maximum Gasteiger partial charge on any atom is 0.121 e. The van der Waals surface area contributed by atoms with Gasteiger partial charge in [0.15, 0.2) is 0 Å². The van der Waals surface area contributed by atoms with Crippen molar-refractivity contribution in [2.45, 2.75) is 50.7 Å². The van der Waals surface area contributed by atoms with Crippen molar-refractivity contribution in [2.75, 3.05) is 45.9 Å². The molecule has 0 bridgehead atoms. The Bertz CT molecular complexity index is 905. The summed E-state index contributed by atoms with van der Waals surface area (Å²) in [5, 5.41) is 12.1. The molecule has 1 atom stereocenters. The molecule has 186 valence electrons. The summed E-state index contributed by atoms with van der Waals surface area (Å²) in [5.41, 5.74) is 0.424. The molecule has 2 saturated heterocycles. The maximum atomic E-state index is 11.1. The molecular formula is C27H36Cl2N2O3. The molecule has 0 aromatic heterocycles. The fourth-order valence-corrected chi connectivity index (χ4v) is 5.03. The minimum absolute atomic E-state index is 0.252. The Labute approximate surface area is 213 Å². The van der Waals surface area contributed by atoms with E-state index in [-0.39, 0.29) is 6.61 Å². The fourth-order valence-electron chi connectivity index (χ4n) is 4.75. The largest absolute Gasteiger partial charge is 0.492 e. The van der Waals surface area contributed by atoms with Crippen LogP contribution in [0.3, 0.4) is 0 Å². The molecule has 2 aliphatic rings. The Morgan fingerprint density at radius 1 is 0.765 bits per heavy atom. The second kappa shape index (κ2) is 12.5. The summed E-state index contributed by atoms with van der Waals surface area (Å²) in [5.74, 6) is 1.56. The van der Waals surface area contributed by atoms with E-state index in [1.54, 1.807) is 18.2 Å². The highest BCUT2D eigenvalue weighted by Gasteiger charge is 2.31. The van der Waals surface area contributed by atoms with Gasteiger partial charge in [-0.3, -0.25) is 9.80 Å². The van der Waals surface area contributed by atoms with E-state index in [1.807, 2.05) is 0 Å². The quantitative estimate of drug-likeness (QED) is 0.475. The van der Waals surface area contributed by atoms with Crippen LogP contribution in [-0.4, -0.2) is 66.4 Å². The average molecular weight is 508 g/mol. The van der Waals surface area contributed by atoms with Crippen LogP contribution in [0.25, 0.3) is 0 Å². The monoisotopic (exact) mass is 506 g/mol. The SMILES string of the molecule is O[C@@]1(COc2ccc(Cl)c(Cl)c2)CCCN(Cc2ccc(OCCN3CCCCC3)cc2)CC1. The molecule has 0 saturated carbocycles. The zero-order chi connectivity index (χ0) is 23.8. The minimum atomic E-state index is -0.840. The van der Waals surface area contributed by atoms with Crippen molar-refractivity contribution in [3.63, 3.8) is 0 Å². The first kappa shape index (κ1) is 25.6. The van der Waals surface area contributed by atoms with Gasteiger partial charge >= 0.3 is 0 Å². The summed E-state index contributed by atoms with van der Waals surface area (Å²) < 4.78 is 11.8. The third kappa shape index (κ3) is 7.76. The third-order valence-electron chi connectivity index (χ3n) is 6.86. The van der Waals surface area contributed by atoms with Gasteiger partial charge in [0.25, 0.3) is 0 Å². The van der Waals surface area contributed by atoms with Crippen LogP contribution in [0.2, 0.25) is 10.0 Å². The zero-order valence-electron chi connectivity index (χ0n) is 19.9. The van der Waals surface area contributed by atoms with Gasteiger partial charge in [0.2, 0.25) is 0 Å². The van der Waals surface area contributed by atoms with Crippen LogP contribution in [-0.2, 0) is 6.54 Å². The highest BCUT2D eigenvalue weighted by atomic mass is 35.5. The second-order valence-electron chi connectivity index (χ2n) is 9.61. The molecule has 2 aromatic carbocycles. The number of hydrogen-bond acceptors (Lipinski definition) is 5. The van der Waals surface area contributed by atoms with Crippen LogP contribution in [0.15, 0.2) is 42.5 Å². The molecule has 34 heavy (non-hydrogen) atoms. The topological polar surface area (TPSA) is 45.2 Å². The van der Waals surface area contributed by atoms with Gasteiger partial charge in [-0.25, -0.2) is 0 Å². The molecular weight excluding hydrogens is 471 g/mol. The van der Waals surface area contributed by atoms with E-state index in [1.165, 1.54) is 37.9 Å². The van der Waals surface area contributed by atoms with Crippen LogP contribution in [0.4, 0.5) is 0 Å². The number of hydrogen-bond donors (Lipinski definition) is 1. The van der Waals surface area contributed by atoms with Gasteiger partial charge in [0.05, 0.1) is 15.6 Å². The highest BCUT2D eigenvalue weighted by molar-refractivity contribution is 6.42. The van der Waals surface area contributed by atoms with Gasteiger partial charge < -0.3 is 14.6 Å². The fraction of sp³-hybridized carbons (Fsp3) is 0.556. The van der Waals surface area contributed by atoms with Crippen LogP contribution in [0.5, 0.6) is 11.5 Å². The highest BCUT2D eigenvalue weighted by Crippen LogP contribution is 2.29. The summed E-state index contributed by atoms with van der Waals surface area (Å²) in [7, 11) is 0. The van der Waals surface area contributed by atoms with E-state index in [2.05, 4.69) is 34.1 Å². The zero-order valence-corrected chi connectivity index (χ0v) is 21.4. The molecule has 2 aliphatic heterocycles. The minimum Gasteiger partial charge on any atom is -0.492 e. The molecule has 0 aliphatic carbocycles. The van der Waals surface area contributed by atoms with Crippen molar-refractivity contribution < 1.29 is 14.6 Å². The lowest BCUT2D eigenvalue weighted by Gasteiger charge is -2.27. The van der Waals surface area contributed by atoms with Gasteiger partial charge in [0, 0.05) is 25.7 Å². The molecule has 5 nitrogen and oxygen atoms in total. The lowest BCUT2D eigenvalue weighted by Crippen LogP contribution is -2.37. The third-order valence-corrected chi connectivity index (χ3v) is 7.60. The first-order chi connectivity index (χ1) is 16.5. The van der Waals surface area contributed by atoms with Crippen LogP contribution in [0.1, 0.15) is 44.1 Å². The van der Waals surface area contributed by atoms with Gasteiger partial charge in [-0.1, -0.05) is 41.8 Å². The molecule has 2 aromatic rings. The lowest BCUT2D eigenvalue weighted by atomic mass is 9.96. The predicted octanol–water partition coefficient (Wildman–Crippen LogP) is 5.65. The first-order valence-electron chi connectivity index (χ1n) is 12.5. The van der Waals surface area contributed by atoms with Crippen molar-refractivity contribution >= 4 is 23.2 Å². The van der Waals surface area contributed by atoms with E-state index in [9.17, 15) is 5.11 Å². The molecule has 2 fully saturated rings. The van der Waals surface area contributed by atoms with Gasteiger partial charge in [0.1, 0.15) is 24.7 Å². The number of benzene rings is 2. The van der Waals surface area contributed by atoms with Crippen LogP contribution in [0, 0.1) is 0 Å². The van der Waals surface area contributed by atoms with Crippen LogP contribution >= 0.6 is 23.2 Å². The van der Waals surface area contributed by atoms with Gasteiger partial charge in [-0.15, -0.1) is 0 Å². The van der Waals surface area contributed by atoms with Crippen LogP contribution < -0.4 is 9.47 Å². The Hall–Kier alpha value is -1.50. The lowest BCUT2D eigenvalue weighted by molar-refractivity contribution is -0.0168. The van der Waals surface area contributed by atoms with E-state index >= 15 is 0 Å². The van der Waals surface area contributed by atoms with Crippen molar-refractivity contribution in [3.8, 4) is 11.5 Å². The van der Waals surface area contributed by atoms with Gasteiger partial charge in [-0.05, 0) is 81.6 Å². The van der Waals surface area contributed by atoms with E-state index in [4.69, 9.17) is 32.7 Å². The van der Waals surface area contributed by atoms with Crippen molar-refractivity contribution in [3.05, 3.63) is 58.1 Å². The summed E-state index contributed by atoms with van der Waals surface area (Å²) in [6.07, 6.45) is 6.31. The molecule has 2 heterocycles. The van der Waals surface area contributed by atoms with Crippen molar-refractivity contribution in [1.82, 2.24) is 9.80 Å². The van der Waals surface area contributed by atoms with Crippen molar-refractivity contribution in [2.24, 2.45) is 0 Å². The summed E-state index contributed by atoms with van der Waals surface area (Å²) in [6.45, 7) is 7.07. The molecule has 1 N–H and O–H groups in total. The predicted molar refractivity (Wildman–Crippen MR) is 138 cm³/mol. The second-order valence-corrected chi connectivity index (χ2v) is 10.4. The summed E-state index contributed by atoms with van der Waals surface area (Å²) in [6, 6.07) is 13.6. The Morgan fingerprint density at radius 3 is 2.26 bits per heavy atom. The molecule has 4 rings (SSSR count). The van der Waals surface area contributed by atoms with Gasteiger partial charge in [-0.2, -0.15) is 0 Å². The average Bonchev–Trinajstić information content (AvgIpc) is 3.03. The van der Waals surface area contributed by atoms with E-state index in [0.29, 0.717) is 28.6 Å². The number of rotatable bonds is 9. The number of ether oxygens (including phenoxy) is 2. The Kier molecular flexibility index (Phi) is 9.38. The number of halogens is 2. The number of piperidine rings is 1. The number of nitrogens with zero attached hydrogens (tertiary/aromatic N) is 2. The summed E-state index contributed by atoms with van der Waals surface area (Å²) in [4.78, 5) is 4.90. The molecule has 0 amide bonds. The Balaban J connectivity index is 1.20.